The Kier molecular flexibility index (Phi) is 4.38. The fourth-order valence-corrected chi connectivity index (χ4v) is 5.10. The molecule has 5 nitrogen and oxygen atoms in total. The van der Waals surface area contributed by atoms with Crippen molar-refractivity contribution in [3.63, 3.8) is 0 Å². The summed E-state index contributed by atoms with van der Waals surface area (Å²) in [6, 6.07) is 15.0. The average molecular weight is 393 g/mol. The van der Waals surface area contributed by atoms with Crippen LogP contribution in [0.5, 0.6) is 0 Å². The molecule has 1 aromatic heterocycles. The van der Waals surface area contributed by atoms with E-state index in [-0.39, 0.29) is 11.4 Å². The normalized spacial score (nSPS) is 16.6. The van der Waals surface area contributed by atoms with Gasteiger partial charge in [-0.15, -0.1) is 0 Å². The van der Waals surface area contributed by atoms with Crippen LogP contribution in [0.2, 0.25) is 0 Å². The highest BCUT2D eigenvalue weighted by Gasteiger charge is 2.39. The van der Waals surface area contributed by atoms with Crippen LogP contribution in [0.1, 0.15) is 30.0 Å². The number of allylic oxidation sites excluding steroid dienone is 1. The summed E-state index contributed by atoms with van der Waals surface area (Å²) in [4.78, 5) is 2.29. The van der Waals surface area contributed by atoms with Crippen LogP contribution in [-0.4, -0.2) is 13.0 Å². The van der Waals surface area contributed by atoms with Crippen LogP contribution in [0.15, 0.2) is 48.2 Å². The third-order valence-corrected chi connectivity index (χ3v) is 6.78. The molecule has 0 fully saturated rings. The standard InChI is InChI=1S/C22H26N5S/c1-22(2)15-11-14(13-25-21(23)24)9-10-16(15)26(3)19(22)12-20-27(4)17-7-5-6-8-18(17)28-20/h5-12H,13H2,1-4H3,(H4,23,24,25)/q+1. The number of nitrogens with one attached hydrogen (secondary N) is 2. The van der Waals surface area contributed by atoms with Crippen LogP contribution in [-0.2, 0) is 19.0 Å². The Hall–Kier alpha value is -2.86. The van der Waals surface area contributed by atoms with E-state index in [1.54, 1.807) is 0 Å². The highest BCUT2D eigenvalue weighted by atomic mass is 32.1. The van der Waals surface area contributed by atoms with E-state index in [1.165, 1.54) is 32.2 Å². The molecule has 0 aliphatic carbocycles. The van der Waals surface area contributed by atoms with Crippen LogP contribution >= 0.6 is 11.3 Å². The maximum atomic E-state index is 7.38. The number of hydrogen-bond acceptors (Lipinski definition) is 3. The zero-order chi connectivity index (χ0) is 20.1. The number of rotatable bonds is 3. The highest BCUT2D eigenvalue weighted by molar-refractivity contribution is 7.18. The molecule has 28 heavy (non-hydrogen) atoms. The molecule has 0 amide bonds. The molecular formula is C22H26N5S+. The van der Waals surface area contributed by atoms with E-state index in [0.29, 0.717) is 6.54 Å². The smallest absolute Gasteiger partial charge is 0.264 e. The Labute approximate surface area is 169 Å². The molecule has 4 rings (SSSR count). The lowest BCUT2D eigenvalue weighted by atomic mass is 9.83. The van der Waals surface area contributed by atoms with E-state index in [0.717, 1.165) is 5.56 Å². The van der Waals surface area contributed by atoms with Crippen molar-refractivity contribution in [1.29, 1.82) is 5.41 Å². The van der Waals surface area contributed by atoms with Gasteiger partial charge < -0.3 is 16.0 Å². The molecule has 1 aliphatic heterocycles. The van der Waals surface area contributed by atoms with Gasteiger partial charge >= 0.3 is 0 Å². The number of thiazole rings is 1. The Morgan fingerprint density at radius 3 is 2.75 bits per heavy atom. The average Bonchev–Trinajstić information content (AvgIpc) is 3.08. The minimum Gasteiger partial charge on any atom is -0.370 e. The molecule has 144 valence electrons. The third kappa shape index (κ3) is 2.94. The van der Waals surface area contributed by atoms with E-state index in [4.69, 9.17) is 11.1 Å². The molecule has 0 saturated heterocycles. The summed E-state index contributed by atoms with van der Waals surface area (Å²) in [6.45, 7) is 5.11. The minimum atomic E-state index is -0.112. The van der Waals surface area contributed by atoms with Crippen LogP contribution in [0.3, 0.4) is 0 Å². The van der Waals surface area contributed by atoms with Crippen molar-refractivity contribution in [2.45, 2.75) is 25.8 Å². The van der Waals surface area contributed by atoms with Gasteiger partial charge in [0.05, 0.1) is 0 Å². The molecule has 0 atom stereocenters. The first-order valence-electron chi connectivity index (χ1n) is 9.34. The fourth-order valence-electron chi connectivity index (χ4n) is 4.01. The van der Waals surface area contributed by atoms with Crippen molar-refractivity contribution in [2.75, 3.05) is 11.9 Å². The van der Waals surface area contributed by atoms with Gasteiger partial charge in [0.1, 0.15) is 11.7 Å². The van der Waals surface area contributed by atoms with Crippen molar-refractivity contribution in [2.24, 2.45) is 12.8 Å². The Bertz CT molecular complexity index is 1110. The van der Waals surface area contributed by atoms with Crippen molar-refractivity contribution < 1.29 is 4.57 Å². The number of fused-ring (bicyclic) bond motifs is 2. The predicted molar refractivity (Wildman–Crippen MR) is 118 cm³/mol. The van der Waals surface area contributed by atoms with Gasteiger partial charge in [-0.25, -0.2) is 0 Å². The number of likely N-dealkylation sites (N-methyl/N-ethyl adjacent to an activating group) is 1. The lowest BCUT2D eigenvalue weighted by molar-refractivity contribution is -0.642. The Morgan fingerprint density at radius 2 is 2.04 bits per heavy atom. The van der Waals surface area contributed by atoms with Crippen LogP contribution in [0, 0.1) is 5.41 Å². The Balaban J connectivity index is 1.76. The number of nitrogens with zero attached hydrogens (tertiary/aromatic N) is 2. The third-order valence-electron chi connectivity index (χ3n) is 5.61. The lowest BCUT2D eigenvalue weighted by Crippen LogP contribution is -2.30. The van der Waals surface area contributed by atoms with Gasteiger partial charge in [-0.05, 0) is 23.3 Å². The van der Waals surface area contributed by atoms with Crippen LogP contribution in [0.25, 0.3) is 16.3 Å². The SMILES string of the molecule is CN1C(=Cc2sc3ccccc3[n+]2C)C(C)(C)c2cc(CNC(=N)N)ccc21. The first-order valence-corrected chi connectivity index (χ1v) is 10.2. The maximum Gasteiger partial charge on any atom is 0.264 e. The molecule has 4 N–H and O–H groups in total. The molecular weight excluding hydrogens is 366 g/mol. The molecule has 0 unspecified atom stereocenters. The van der Waals surface area contributed by atoms with Gasteiger partial charge in [-0.1, -0.05) is 49.4 Å². The second kappa shape index (κ2) is 6.63. The van der Waals surface area contributed by atoms with Crippen molar-refractivity contribution in [3.05, 3.63) is 64.3 Å². The molecule has 0 radical (unpaired) electrons. The van der Waals surface area contributed by atoms with E-state index in [2.05, 4.69) is 91.3 Å². The molecule has 0 saturated carbocycles. The summed E-state index contributed by atoms with van der Waals surface area (Å²) in [7, 11) is 4.27. The number of para-hydroxylation sites is 1. The molecule has 0 bridgehead atoms. The van der Waals surface area contributed by atoms with Gasteiger partial charge in [0.2, 0.25) is 5.52 Å². The highest BCUT2D eigenvalue weighted by Crippen LogP contribution is 2.48. The first-order chi connectivity index (χ1) is 13.3. The zero-order valence-electron chi connectivity index (χ0n) is 16.7. The van der Waals surface area contributed by atoms with Crippen LogP contribution < -0.4 is 20.5 Å². The predicted octanol–water partition coefficient (Wildman–Crippen LogP) is 3.48. The summed E-state index contributed by atoms with van der Waals surface area (Å²) >= 11 is 1.82. The van der Waals surface area contributed by atoms with E-state index in [1.807, 2.05) is 11.3 Å². The molecule has 0 spiro atoms. The second-order valence-corrected chi connectivity index (χ2v) is 8.86. The number of hydrogen-bond donors (Lipinski definition) is 3. The summed E-state index contributed by atoms with van der Waals surface area (Å²) in [5.41, 5.74) is 11.5. The van der Waals surface area contributed by atoms with E-state index in [9.17, 15) is 0 Å². The zero-order valence-corrected chi connectivity index (χ0v) is 17.5. The van der Waals surface area contributed by atoms with Gasteiger partial charge in [0.25, 0.3) is 5.01 Å². The number of benzene rings is 2. The number of anilines is 1. The molecule has 1 aliphatic rings. The van der Waals surface area contributed by atoms with E-state index >= 15 is 0 Å². The molecule has 2 heterocycles. The lowest BCUT2D eigenvalue weighted by Gasteiger charge is -2.23. The summed E-state index contributed by atoms with van der Waals surface area (Å²) in [5, 5.41) is 11.5. The van der Waals surface area contributed by atoms with Crippen LogP contribution in [0.4, 0.5) is 5.69 Å². The monoisotopic (exact) mass is 392 g/mol. The quantitative estimate of drug-likeness (QED) is 0.363. The van der Waals surface area contributed by atoms with E-state index < -0.39 is 0 Å². The van der Waals surface area contributed by atoms with Crippen molar-refractivity contribution in [1.82, 2.24) is 5.32 Å². The fraction of sp³-hybridized carbons (Fsp3) is 0.273. The molecule has 3 aromatic rings. The van der Waals surface area contributed by atoms with Gasteiger partial charge in [-0.3, -0.25) is 5.41 Å². The van der Waals surface area contributed by atoms with Crippen molar-refractivity contribution in [3.8, 4) is 0 Å². The summed E-state index contributed by atoms with van der Waals surface area (Å²) in [6.07, 6.45) is 2.32. The first kappa shape index (κ1) is 18.5. The number of nitrogens with two attached hydrogens (primary N) is 1. The maximum absolute atomic E-state index is 7.38. The number of aromatic nitrogens is 1. The summed E-state index contributed by atoms with van der Waals surface area (Å²) in [5.74, 6) is -0.00489. The Morgan fingerprint density at radius 1 is 1.29 bits per heavy atom. The number of guanidine groups is 1. The minimum absolute atomic E-state index is 0.00489. The summed E-state index contributed by atoms with van der Waals surface area (Å²) < 4.78 is 3.56. The van der Waals surface area contributed by atoms with Gasteiger partial charge in [0, 0.05) is 42.5 Å². The van der Waals surface area contributed by atoms with Gasteiger partial charge in [-0.2, -0.15) is 4.57 Å². The van der Waals surface area contributed by atoms with Crippen molar-refractivity contribution >= 4 is 39.3 Å². The molecule has 6 heteroatoms. The topological polar surface area (TPSA) is 69.0 Å². The molecule has 2 aromatic carbocycles. The van der Waals surface area contributed by atoms with Gasteiger partial charge in [0.15, 0.2) is 5.96 Å². The number of aryl methyl sites for hydroxylation is 1. The largest absolute Gasteiger partial charge is 0.370 e. The second-order valence-electron chi connectivity index (χ2n) is 7.80.